The van der Waals surface area contributed by atoms with E-state index in [1.165, 1.54) is 0 Å². The molecule has 4 nitrogen and oxygen atoms in total. The van der Waals surface area contributed by atoms with E-state index in [0.29, 0.717) is 11.6 Å². The van der Waals surface area contributed by atoms with Gasteiger partial charge in [-0.1, -0.05) is 0 Å². The van der Waals surface area contributed by atoms with E-state index in [-0.39, 0.29) is 0 Å². The molecule has 2 heterocycles. The first kappa shape index (κ1) is 9.84. The van der Waals surface area contributed by atoms with Gasteiger partial charge in [0.2, 0.25) is 5.89 Å². The topological polar surface area (TPSA) is 64.9 Å². The SMILES string of the molecule is Cc1ccc(-c2nc3cc(N)ccc3o2)cn1. The highest BCUT2D eigenvalue weighted by atomic mass is 16.3. The first-order valence-electron chi connectivity index (χ1n) is 5.31. The van der Waals surface area contributed by atoms with Gasteiger partial charge in [-0.15, -0.1) is 0 Å². The third kappa shape index (κ3) is 1.73. The molecule has 0 spiro atoms. The molecule has 0 aliphatic heterocycles. The predicted molar refractivity (Wildman–Crippen MR) is 66.4 cm³/mol. The van der Waals surface area contributed by atoms with E-state index in [9.17, 15) is 0 Å². The van der Waals surface area contributed by atoms with Gasteiger partial charge in [-0.3, -0.25) is 4.98 Å². The molecule has 0 aliphatic rings. The Labute approximate surface area is 98.1 Å². The molecule has 0 saturated heterocycles. The molecule has 0 atom stereocenters. The van der Waals surface area contributed by atoms with E-state index >= 15 is 0 Å². The summed E-state index contributed by atoms with van der Waals surface area (Å²) in [6.07, 6.45) is 1.75. The number of pyridine rings is 1. The van der Waals surface area contributed by atoms with Crippen LogP contribution < -0.4 is 5.73 Å². The van der Waals surface area contributed by atoms with Crippen LogP contribution in [0.3, 0.4) is 0 Å². The Bertz CT molecular complexity index is 671. The van der Waals surface area contributed by atoms with Crippen molar-refractivity contribution in [3.8, 4) is 11.5 Å². The van der Waals surface area contributed by atoms with E-state index in [2.05, 4.69) is 9.97 Å². The van der Waals surface area contributed by atoms with Crippen LogP contribution in [0.5, 0.6) is 0 Å². The molecule has 2 N–H and O–H groups in total. The maximum atomic E-state index is 5.70. The molecule has 0 radical (unpaired) electrons. The van der Waals surface area contributed by atoms with Gasteiger partial charge in [-0.2, -0.15) is 0 Å². The lowest BCUT2D eigenvalue weighted by atomic mass is 10.2. The second kappa shape index (κ2) is 3.59. The standard InChI is InChI=1S/C13H11N3O/c1-8-2-3-9(7-15-8)13-16-11-6-10(14)4-5-12(11)17-13/h2-7H,14H2,1H3. The highest BCUT2D eigenvalue weighted by Crippen LogP contribution is 2.24. The van der Waals surface area contributed by atoms with E-state index in [1.54, 1.807) is 18.3 Å². The van der Waals surface area contributed by atoms with Crippen LogP contribution in [0.2, 0.25) is 0 Å². The van der Waals surface area contributed by atoms with Crippen LogP contribution in [0.25, 0.3) is 22.6 Å². The highest BCUT2D eigenvalue weighted by molar-refractivity contribution is 5.79. The minimum absolute atomic E-state index is 0.568. The van der Waals surface area contributed by atoms with Crippen molar-refractivity contribution in [2.45, 2.75) is 6.92 Å². The summed E-state index contributed by atoms with van der Waals surface area (Å²) in [5, 5.41) is 0. The number of rotatable bonds is 1. The molecule has 0 aliphatic carbocycles. The lowest BCUT2D eigenvalue weighted by Gasteiger charge is -1.94. The molecule has 3 aromatic rings. The van der Waals surface area contributed by atoms with Crippen LogP contribution in [-0.4, -0.2) is 9.97 Å². The van der Waals surface area contributed by atoms with Crippen LogP contribution in [-0.2, 0) is 0 Å². The molecule has 0 bridgehead atoms. The van der Waals surface area contributed by atoms with Crippen LogP contribution in [0.15, 0.2) is 40.9 Å². The summed E-state index contributed by atoms with van der Waals surface area (Å²) in [5.41, 5.74) is 9.71. The second-order valence-corrected chi connectivity index (χ2v) is 3.93. The molecule has 17 heavy (non-hydrogen) atoms. The van der Waals surface area contributed by atoms with E-state index in [4.69, 9.17) is 10.2 Å². The smallest absolute Gasteiger partial charge is 0.228 e. The summed E-state index contributed by atoms with van der Waals surface area (Å²) < 4.78 is 5.64. The zero-order valence-electron chi connectivity index (χ0n) is 9.34. The van der Waals surface area contributed by atoms with Crippen molar-refractivity contribution >= 4 is 16.8 Å². The number of nitrogen functional groups attached to an aromatic ring is 1. The van der Waals surface area contributed by atoms with E-state index in [0.717, 1.165) is 22.4 Å². The molecule has 0 saturated carbocycles. The fourth-order valence-corrected chi connectivity index (χ4v) is 1.66. The molecule has 1 aromatic carbocycles. The van der Waals surface area contributed by atoms with Gasteiger partial charge in [0, 0.05) is 17.6 Å². The Morgan fingerprint density at radius 3 is 2.82 bits per heavy atom. The van der Waals surface area contributed by atoms with Gasteiger partial charge in [0.1, 0.15) is 5.52 Å². The van der Waals surface area contributed by atoms with Crippen LogP contribution >= 0.6 is 0 Å². The van der Waals surface area contributed by atoms with Gasteiger partial charge in [0.05, 0.1) is 5.56 Å². The molecule has 2 aromatic heterocycles. The maximum Gasteiger partial charge on any atom is 0.228 e. The van der Waals surface area contributed by atoms with Crippen molar-refractivity contribution in [1.29, 1.82) is 0 Å². The minimum atomic E-state index is 0.568. The van der Waals surface area contributed by atoms with Crippen molar-refractivity contribution in [2.75, 3.05) is 5.73 Å². The number of nitrogens with zero attached hydrogens (tertiary/aromatic N) is 2. The van der Waals surface area contributed by atoms with E-state index in [1.807, 2.05) is 25.1 Å². The molecule has 84 valence electrons. The largest absolute Gasteiger partial charge is 0.436 e. The Balaban J connectivity index is 2.14. The van der Waals surface area contributed by atoms with Gasteiger partial charge in [-0.25, -0.2) is 4.98 Å². The number of anilines is 1. The Hall–Kier alpha value is -2.36. The number of aryl methyl sites for hydroxylation is 1. The number of fused-ring (bicyclic) bond motifs is 1. The average Bonchev–Trinajstić information content (AvgIpc) is 2.72. The number of hydrogen-bond acceptors (Lipinski definition) is 4. The normalized spacial score (nSPS) is 10.9. The third-order valence-corrected chi connectivity index (χ3v) is 2.57. The van der Waals surface area contributed by atoms with E-state index < -0.39 is 0 Å². The van der Waals surface area contributed by atoms with Gasteiger partial charge in [0.15, 0.2) is 5.58 Å². The summed E-state index contributed by atoms with van der Waals surface area (Å²) >= 11 is 0. The lowest BCUT2D eigenvalue weighted by molar-refractivity contribution is 0.619. The van der Waals surface area contributed by atoms with Crippen molar-refractivity contribution in [1.82, 2.24) is 9.97 Å². The van der Waals surface area contributed by atoms with Crippen LogP contribution in [0.4, 0.5) is 5.69 Å². The fourth-order valence-electron chi connectivity index (χ4n) is 1.66. The highest BCUT2D eigenvalue weighted by Gasteiger charge is 2.08. The first-order chi connectivity index (χ1) is 8.22. The average molecular weight is 225 g/mol. The maximum absolute atomic E-state index is 5.70. The summed E-state index contributed by atoms with van der Waals surface area (Å²) in [6, 6.07) is 9.28. The monoisotopic (exact) mass is 225 g/mol. The number of benzene rings is 1. The van der Waals surface area contributed by atoms with Gasteiger partial charge in [0.25, 0.3) is 0 Å². The van der Waals surface area contributed by atoms with Gasteiger partial charge >= 0.3 is 0 Å². The summed E-state index contributed by atoms with van der Waals surface area (Å²) in [4.78, 5) is 8.61. The van der Waals surface area contributed by atoms with Crippen molar-refractivity contribution in [3.05, 3.63) is 42.2 Å². The van der Waals surface area contributed by atoms with Crippen LogP contribution in [0, 0.1) is 6.92 Å². The molecular weight excluding hydrogens is 214 g/mol. The number of hydrogen-bond donors (Lipinski definition) is 1. The molecule has 3 rings (SSSR count). The molecular formula is C13H11N3O. The van der Waals surface area contributed by atoms with Crippen LogP contribution in [0.1, 0.15) is 5.69 Å². The Kier molecular flexibility index (Phi) is 2.08. The summed E-state index contributed by atoms with van der Waals surface area (Å²) in [7, 11) is 0. The molecule has 0 amide bonds. The minimum Gasteiger partial charge on any atom is -0.436 e. The van der Waals surface area contributed by atoms with Gasteiger partial charge < -0.3 is 10.2 Å². The zero-order chi connectivity index (χ0) is 11.8. The Morgan fingerprint density at radius 1 is 1.18 bits per heavy atom. The number of nitrogens with two attached hydrogens (primary N) is 1. The number of oxazole rings is 1. The quantitative estimate of drug-likeness (QED) is 0.647. The second-order valence-electron chi connectivity index (χ2n) is 3.93. The molecule has 0 fully saturated rings. The summed E-state index contributed by atoms with van der Waals surface area (Å²) in [6.45, 7) is 1.94. The molecule has 0 unspecified atom stereocenters. The van der Waals surface area contributed by atoms with Crippen molar-refractivity contribution < 1.29 is 4.42 Å². The zero-order valence-corrected chi connectivity index (χ0v) is 9.34. The predicted octanol–water partition coefficient (Wildman–Crippen LogP) is 2.78. The molecule has 4 heteroatoms. The lowest BCUT2D eigenvalue weighted by Crippen LogP contribution is -1.83. The van der Waals surface area contributed by atoms with Gasteiger partial charge in [-0.05, 0) is 37.3 Å². The van der Waals surface area contributed by atoms with Crippen molar-refractivity contribution in [3.63, 3.8) is 0 Å². The Morgan fingerprint density at radius 2 is 2.06 bits per heavy atom. The third-order valence-electron chi connectivity index (χ3n) is 2.57. The summed E-state index contributed by atoms with van der Waals surface area (Å²) in [5.74, 6) is 0.568. The number of aromatic nitrogens is 2. The fraction of sp³-hybridized carbons (Fsp3) is 0.0769. The van der Waals surface area contributed by atoms with Crippen molar-refractivity contribution in [2.24, 2.45) is 0 Å². The first-order valence-corrected chi connectivity index (χ1v) is 5.31.